The third-order valence-electron chi connectivity index (χ3n) is 6.51. The van der Waals surface area contributed by atoms with Gasteiger partial charge in [0.25, 0.3) is 0 Å². The van der Waals surface area contributed by atoms with Crippen LogP contribution in [0, 0.1) is 0 Å². The van der Waals surface area contributed by atoms with Crippen LogP contribution in [0.4, 0.5) is 0 Å². The number of ether oxygens (including phenoxy) is 1. The van der Waals surface area contributed by atoms with Crippen molar-refractivity contribution in [2.75, 3.05) is 53.4 Å². The summed E-state index contributed by atoms with van der Waals surface area (Å²) in [7, 11) is 3.99. The van der Waals surface area contributed by atoms with Gasteiger partial charge in [-0.1, -0.05) is 6.07 Å². The van der Waals surface area contributed by atoms with Gasteiger partial charge >= 0.3 is 0 Å². The Hall–Kier alpha value is -3.50. The number of nitrogens with two attached hydrogens (primary N) is 2. The first-order valence-corrected chi connectivity index (χ1v) is 12.8. The van der Waals surface area contributed by atoms with Crippen molar-refractivity contribution < 1.29 is 4.74 Å². The highest BCUT2D eigenvalue weighted by atomic mass is 16.5. The number of aromatic nitrogens is 2. The monoisotopic (exact) mass is 505 g/mol. The first-order valence-electron chi connectivity index (χ1n) is 12.8. The van der Waals surface area contributed by atoms with Crippen LogP contribution in [0.2, 0.25) is 0 Å². The molecule has 4 N–H and O–H groups in total. The van der Waals surface area contributed by atoms with Crippen molar-refractivity contribution in [3.05, 3.63) is 41.9 Å². The maximum Gasteiger partial charge on any atom is 0.177 e. The summed E-state index contributed by atoms with van der Waals surface area (Å²) in [5.41, 5.74) is 16.5. The van der Waals surface area contributed by atoms with Crippen LogP contribution in [0.3, 0.4) is 0 Å². The molecule has 0 atom stereocenters. The Bertz CT molecular complexity index is 1230. The molecule has 1 fully saturated rings. The molecule has 0 amide bonds. The van der Waals surface area contributed by atoms with E-state index in [0.29, 0.717) is 30.5 Å². The molecule has 0 bridgehead atoms. The van der Waals surface area contributed by atoms with Gasteiger partial charge in [-0.05, 0) is 45.5 Å². The number of nitrogens with zero attached hydrogens (tertiary/aromatic N) is 7. The van der Waals surface area contributed by atoms with Gasteiger partial charge in [0.2, 0.25) is 0 Å². The molecule has 0 saturated carbocycles. The van der Waals surface area contributed by atoms with E-state index in [1.807, 2.05) is 39.2 Å². The highest BCUT2D eigenvalue weighted by Crippen LogP contribution is 2.35. The molecule has 0 spiro atoms. The zero-order chi connectivity index (χ0) is 26.5. The van der Waals surface area contributed by atoms with Gasteiger partial charge in [0.05, 0.1) is 23.7 Å². The summed E-state index contributed by atoms with van der Waals surface area (Å²) in [5.74, 6) is 2.57. The van der Waals surface area contributed by atoms with Crippen LogP contribution in [-0.4, -0.2) is 96.2 Å². The molecule has 10 nitrogen and oxygen atoms in total. The first kappa shape index (κ1) is 26.6. The van der Waals surface area contributed by atoms with Crippen molar-refractivity contribution >= 4 is 23.0 Å². The normalized spacial score (nSPS) is 18.4. The predicted molar refractivity (Wildman–Crippen MR) is 152 cm³/mol. The number of imidazole rings is 1. The molecule has 10 heteroatoms. The van der Waals surface area contributed by atoms with Gasteiger partial charge in [0.15, 0.2) is 5.84 Å². The molecule has 37 heavy (non-hydrogen) atoms. The molecule has 1 aromatic carbocycles. The van der Waals surface area contributed by atoms with Crippen LogP contribution in [0.25, 0.3) is 17.0 Å². The standard InChI is InChI=1S/C27H39N9O/c1-18(2)31-26(32-19(3)29)24-17-36-12-13-37-25-14-20(6-7-21(25)27(36)33-24)22(15-28)23(30-4)16-35-10-8-34(5)9-11-35/h6-7,14-15,17-18H,8-13,16,28H2,1-5H3,(H2,29,31,32). The molecule has 198 valence electrons. The number of amidine groups is 2. The van der Waals surface area contributed by atoms with E-state index in [1.54, 1.807) is 13.1 Å². The molecule has 0 radical (unpaired) electrons. The fourth-order valence-electron chi connectivity index (χ4n) is 4.57. The van der Waals surface area contributed by atoms with Crippen molar-refractivity contribution in [1.29, 1.82) is 0 Å². The first-order chi connectivity index (χ1) is 17.8. The highest BCUT2D eigenvalue weighted by molar-refractivity contribution is 6.24. The smallest absolute Gasteiger partial charge is 0.177 e. The van der Waals surface area contributed by atoms with Gasteiger partial charge in [-0.3, -0.25) is 14.9 Å². The number of piperazine rings is 1. The minimum Gasteiger partial charge on any atom is -0.491 e. The Morgan fingerprint density at radius 3 is 2.59 bits per heavy atom. The van der Waals surface area contributed by atoms with Gasteiger partial charge in [-0.15, -0.1) is 0 Å². The number of fused-ring (bicyclic) bond motifs is 3. The minimum atomic E-state index is 0.0690. The van der Waals surface area contributed by atoms with Gasteiger partial charge in [0.1, 0.15) is 23.9 Å². The summed E-state index contributed by atoms with van der Waals surface area (Å²) in [5, 5.41) is 0. The SMILES string of the molecule is CN=C(CN1CCN(C)CC1)C(=CN)c1ccc2c(c1)OCCn1cc(C(N=C(C)N)=NC(C)C)nc1-2. The van der Waals surface area contributed by atoms with Crippen LogP contribution >= 0.6 is 0 Å². The number of aliphatic imine (C=N–C) groups is 3. The van der Waals surface area contributed by atoms with E-state index in [1.165, 1.54) is 0 Å². The summed E-state index contributed by atoms with van der Waals surface area (Å²) in [6.07, 6.45) is 3.62. The second-order valence-electron chi connectivity index (χ2n) is 9.83. The van der Waals surface area contributed by atoms with Crippen molar-refractivity contribution in [1.82, 2.24) is 19.4 Å². The Morgan fingerprint density at radius 2 is 1.95 bits per heavy atom. The minimum absolute atomic E-state index is 0.0690. The van der Waals surface area contributed by atoms with E-state index in [9.17, 15) is 0 Å². The predicted octanol–water partition coefficient (Wildman–Crippen LogP) is 2.09. The number of likely N-dealkylation sites (N-methyl/N-ethyl adjacent to an activating group) is 1. The quantitative estimate of drug-likeness (QED) is 0.458. The van der Waals surface area contributed by atoms with Crippen LogP contribution in [0.5, 0.6) is 5.75 Å². The molecule has 1 aromatic heterocycles. The molecule has 4 rings (SSSR count). The molecule has 2 aromatic rings. The summed E-state index contributed by atoms with van der Waals surface area (Å²) in [6, 6.07) is 6.21. The van der Waals surface area contributed by atoms with Crippen molar-refractivity contribution in [2.24, 2.45) is 26.4 Å². The molecule has 0 unspecified atom stereocenters. The molecule has 1 saturated heterocycles. The third kappa shape index (κ3) is 6.26. The van der Waals surface area contributed by atoms with Gasteiger partial charge in [0, 0.05) is 63.8 Å². The average molecular weight is 506 g/mol. The maximum absolute atomic E-state index is 6.17. The van der Waals surface area contributed by atoms with E-state index < -0.39 is 0 Å². The number of hydrogen-bond acceptors (Lipinski definition) is 7. The molecule has 0 aliphatic carbocycles. The van der Waals surface area contributed by atoms with Gasteiger partial charge in [-0.2, -0.15) is 0 Å². The van der Waals surface area contributed by atoms with Crippen LogP contribution in [0.1, 0.15) is 32.0 Å². The lowest BCUT2D eigenvalue weighted by atomic mass is 9.99. The molecule has 3 heterocycles. The van der Waals surface area contributed by atoms with Crippen LogP contribution in [0.15, 0.2) is 45.6 Å². The maximum atomic E-state index is 6.17. The van der Waals surface area contributed by atoms with Crippen molar-refractivity contribution in [3.8, 4) is 17.1 Å². The zero-order valence-electron chi connectivity index (χ0n) is 22.6. The van der Waals surface area contributed by atoms with Crippen molar-refractivity contribution in [3.63, 3.8) is 0 Å². The van der Waals surface area contributed by atoms with E-state index in [-0.39, 0.29) is 6.04 Å². The summed E-state index contributed by atoms with van der Waals surface area (Å²) in [4.78, 5) is 23.4. The average Bonchev–Trinajstić information content (AvgIpc) is 3.20. The Labute approximate surface area is 219 Å². The number of hydrogen-bond donors (Lipinski definition) is 2. The van der Waals surface area contributed by atoms with Gasteiger partial charge in [-0.25, -0.2) is 9.98 Å². The lowest BCUT2D eigenvalue weighted by Crippen LogP contribution is -2.46. The van der Waals surface area contributed by atoms with E-state index in [4.69, 9.17) is 21.2 Å². The number of rotatable bonds is 6. The number of benzene rings is 1. The molecular formula is C27H39N9O. The second kappa shape index (κ2) is 11.7. The zero-order valence-corrected chi connectivity index (χ0v) is 22.6. The Balaban J connectivity index is 1.65. The summed E-state index contributed by atoms with van der Waals surface area (Å²) in [6.45, 7) is 11.9. The third-order valence-corrected chi connectivity index (χ3v) is 6.51. The highest BCUT2D eigenvalue weighted by Gasteiger charge is 2.23. The lowest BCUT2D eigenvalue weighted by molar-refractivity contribution is 0.170. The fourth-order valence-corrected chi connectivity index (χ4v) is 4.57. The Kier molecular flexibility index (Phi) is 8.40. The Morgan fingerprint density at radius 1 is 1.19 bits per heavy atom. The van der Waals surface area contributed by atoms with E-state index in [2.05, 4.69) is 42.5 Å². The van der Waals surface area contributed by atoms with Crippen LogP contribution in [-0.2, 0) is 6.54 Å². The second-order valence-corrected chi connectivity index (χ2v) is 9.83. The largest absolute Gasteiger partial charge is 0.491 e. The fraction of sp³-hybridized carbons (Fsp3) is 0.481. The summed E-state index contributed by atoms with van der Waals surface area (Å²) >= 11 is 0. The van der Waals surface area contributed by atoms with E-state index in [0.717, 1.165) is 66.7 Å². The summed E-state index contributed by atoms with van der Waals surface area (Å²) < 4.78 is 8.25. The molecule has 2 aliphatic heterocycles. The van der Waals surface area contributed by atoms with Crippen LogP contribution < -0.4 is 16.2 Å². The molecular weight excluding hydrogens is 466 g/mol. The lowest BCUT2D eigenvalue weighted by Gasteiger charge is -2.32. The van der Waals surface area contributed by atoms with Gasteiger partial charge < -0.3 is 25.7 Å². The topological polar surface area (TPSA) is 123 Å². The van der Waals surface area contributed by atoms with E-state index >= 15 is 0 Å². The van der Waals surface area contributed by atoms with Crippen molar-refractivity contribution in [2.45, 2.75) is 33.4 Å². The molecule has 2 aliphatic rings.